The van der Waals surface area contributed by atoms with Gasteiger partial charge in [0.15, 0.2) is 0 Å². The average Bonchev–Trinajstić information content (AvgIpc) is 3.09. The van der Waals surface area contributed by atoms with E-state index < -0.39 is 14.1 Å². The summed E-state index contributed by atoms with van der Waals surface area (Å²) >= 11 is 0. The molecule has 0 aliphatic carbocycles. The van der Waals surface area contributed by atoms with Crippen LogP contribution in [0.1, 0.15) is 0 Å². The lowest BCUT2D eigenvalue weighted by molar-refractivity contribution is 0.479. The summed E-state index contributed by atoms with van der Waals surface area (Å²) in [6.07, 6.45) is 0. The Hall–Kier alpha value is -4.62. The van der Waals surface area contributed by atoms with Gasteiger partial charge < -0.3 is 10.2 Å². The number of aromatic hydroxyl groups is 2. The summed E-state index contributed by atoms with van der Waals surface area (Å²) in [5.41, 5.74) is 0. The molecule has 0 unspecified atom stereocenters. The molecule has 0 saturated carbocycles. The third-order valence-electron chi connectivity index (χ3n) is 7.70. The monoisotopic (exact) mass is 612 g/mol. The Labute approximate surface area is 259 Å². The fourth-order valence-corrected chi connectivity index (χ4v) is 13.0. The van der Waals surface area contributed by atoms with Crippen LogP contribution in [0.5, 0.6) is 11.5 Å². The van der Waals surface area contributed by atoms with Crippen LogP contribution in [0.4, 0.5) is 0 Å². The number of hydrogen-bond acceptors (Lipinski definition) is 4. The van der Waals surface area contributed by atoms with Gasteiger partial charge in [-0.3, -0.25) is 9.49 Å². The summed E-state index contributed by atoms with van der Waals surface area (Å²) in [6.45, 7) is 0.863. The second-order valence-electron chi connectivity index (χ2n) is 10.3. The highest BCUT2D eigenvalue weighted by molar-refractivity contribution is 7.88. The number of phenolic OH excluding ortho intramolecular Hbond substituents is 2. The van der Waals surface area contributed by atoms with E-state index in [1.54, 1.807) is 12.1 Å². The molecule has 6 rings (SSSR count). The first-order valence-electron chi connectivity index (χ1n) is 14.6. The van der Waals surface area contributed by atoms with E-state index in [0.717, 1.165) is 31.8 Å². The number of rotatable bonds is 9. The molecule has 0 bridgehead atoms. The van der Waals surface area contributed by atoms with E-state index in [0.29, 0.717) is 13.1 Å². The van der Waals surface area contributed by atoms with Crippen molar-refractivity contribution in [3.05, 3.63) is 170 Å². The van der Waals surface area contributed by atoms with E-state index in [9.17, 15) is 10.2 Å². The molecule has 0 aromatic heterocycles. The van der Waals surface area contributed by atoms with Crippen LogP contribution in [0.25, 0.3) is 0 Å². The zero-order chi connectivity index (χ0) is 30.2. The van der Waals surface area contributed by atoms with Crippen molar-refractivity contribution in [2.24, 2.45) is 9.49 Å². The molecule has 0 atom stereocenters. The van der Waals surface area contributed by atoms with Crippen LogP contribution >= 0.6 is 14.1 Å². The Balaban J connectivity index is 1.59. The van der Waals surface area contributed by atoms with Gasteiger partial charge in [-0.2, -0.15) is 0 Å². The van der Waals surface area contributed by atoms with Crippen molar-refractivity contribution in [1.82, 2.24) is 0 Å². The van der Waals surface area contributed by atoms with Crippen molar-refractivity contribution >= 4 is 45.9 Å². The van der Waals surface area contributed by atoms with Gasteiger partial charge in [-0.05, 0) is 24.3 Å². The van der Waals surface area contributed by atoms with Crippen LogP contribution in [0, 0.1) is 0 Å². The number of phenols is 2. The second-order valence-corrected chi connectivity index (χ2v) is 16.5. The fourth-order valence-electron chi connectivity index (χ4n) is 5.77. The van der Waals surface area contributed by atoms with Gasteiger partial charge in [-0.25, -0.2) is 0 Å². The van der Waals surface area contributed by atoms with Gasteiger partial charge in [0.2, 0.25) is 0 Å². The molecule has 0 spiro atoms. The quantitative estimate of drug-likeness (QED) is 0.140. The van der Waals surface area contributed by atoms with Gasteiger partial charge in [0.25, 0.3) is 0 Å². The highest BCUT2D eigenvalue weighted by atomic mass is 31.2. The minimum absolute atomic E-state index is 0.235. The van der Waals surface area contributed by atoms with E-state index in [4.69, 9.17) is 9.49 Å². The molecule has 6 heteroatoms. The third kappa shape index (κ3) is 5.55. The molecule has 6 aromatic carbocycles. The van der Waals surface area contributed by atoms with Crippen LogP contribution in [-0.2, 0) is 0 Å². The molecule has 0 aliphatic heterocycles. The Morgan fingerprint density at radius 3 is 0.864 bits per heavy atom. The molecule has 2 N–H and O–H groups in total. The average molecular weight is 613 g/mol. The van der Waals surface area contributed by atoms with Gasteiger partial charge in [-0.15, -0.1) is 0 Å². The molecule has 0 fully saturated rings. The maximum Gasteiger partial charge on any atom is 0.125 e. The van der Waals surface area contributed by atoms with Crippen LogP contribution in [0.3, 0.4) is 0 Å². The predicted molar refractivity (Wildman–Crippen MR) is 188 cm³/mol. The highest BCUT2D eigenvalue weighted by Crippen LogP contribution is 2.50. The summed E-state index contributed by atoms with van der Waals surface area (Å²) in [4.78, 5) is 0. The normalized spacial score (nSPS) is 11.5. The Morgan fingerprint density at radius 2 is 0.591 bits per heavy atom. The molecule has 218 valence electrons. The summed E-state index contributed by atoms with van der Waals surface area (Å²) < 4.78 is 11.1. The predicted octanol–water partition coefficient (Wildman–Crippen LogP) is 6.75. The molecule has 0 saturated heterocycles. The largest absolute Gasteiger partial charge is 0.507 e. The van der Waals surface area contributed by atoms with Crippen LogP contribution < -0.4 is 31.8 Å². The molecule has 44 heavy (non-hydrogen) atoms. The number of benzene rings is 6. The van der Waals surface area contributed by atoms with Gasteiger partial charge in [0.05, 0.1) is 27.2 Å². The highest BCUT2D eigenvalue weighted by Gasteiger charge is 2.31. The maximum atomic E-state index is 11.3. The van der Waals surface area contributed by atoms with Crippen molar-refractivity contribution < 1.29 is 10.2 Å². The minimum atomic E-state index is -2.62. The van der Waals surface area contributed by atoms with E-state index >= 15 is 0 Å². The summed E-state index contributed by atoms with van der Waals surface area (Å²) in [5, 5.41) is 28.4. The molecule has 0 aliphatic rings. The topological polar surface area (TPSA) is 65.2 Å². The standard InChI is InChI=1S/C38H34N2O2P2/c41-35-25-13-15-27-37(35)43(31-17-5-1-6-18-31,32-19-7-2-8-20-32)39-29-30-40-44(33-21-9-3-10-22-33,34-23-11-4-12-24-34)38-28-16-14-26-36(38)42/h1-28,41-42H,29-30H2. The second kappa shape index (κ2) is 13.3. The number of hydrogen-bond donors (Lipinski definition) is 2. The van der Waals surface area contributed by atoms with Gasteiger partial charge in [-0.1, -0.05) is 146 Å². The zero-order valence-corrected chi connectivity index (χ0v) is 26.1. The Bertz CT molecular complexity index is 1710. The molecule has 0 radical (unpaired) electrons. The van der Waals surface area contributed by atoms with Crippen molar-refractivity contribution in [3.63, 3.8) is 0 Å². The van der Waals surface area contributed by atoms with Crippen molar-refractivity contribution in [3.8, 4) is 11.5 Å². The van der Waals surface area contributed by atoms with Crippen molar-refractivity contribution in [2.75, 3.05) is 13.1 Å². The summed E-state index contributed by atoms with van der Waals surface area (Å²) in [5.74, 6) is 0.470. The first kappa shape index (κ1) is 29.5. The van der Waals surface area contributed by atoms with Crippen LogP contribution in [0.15, 0.2) is 179 Å². The Morgan fingerprint density at radius 1 is 0.341 bits per heavy atom. The molecule has 0 amide bonds. The molecule has 6 aromatic rings. The molecule has 4 nitrogen and oxygen atoms in total. The third-order valence-corrected chi connectivity index (χ3v) is 15.3. The maximum absolute atomic E-state index is 11.3. The lowest BCUT2D eigenvalue weighted by Crippen LogP contribution is -2.27. The Kier molecular flexibility index (Phi) is 8.94. The van der Waals surface area contributed by atoms with Gasteiger partial charge in [0, 0.05) is 31.8 Å². The van der Waals surface area contributed by atoms with Crippen LogP contribution in [-0.4, -0.2) is 23.3 Å². The summed E-state index contributed by atoms with van der Waals surface area (Å²) in [7, 11) is -5.24. The molecular formula is C38H34N2O2P2. The van der Waals surface area contributed by atoms with Crippen molar-refractivity contribution in [2.45, 2.75) is 0 Å². The van der Waals surface area contributed by atoms with E-state index in [2.05, 4.69) is 48.5 Å². The number of nitrogens with zero attached hydrogens (tertiary/aromatic N) is 2. The minimum Gasteiger partial charge on any atom is -0.507 e. The lowest BCUT2D eigenvalue weighted by Gasteiger charge is -2.29. The SMILES string of the molecule is Oc1ccccc1P(=NCCN=P(c1ccccc1)(c1ccccc1)c1ccccc1O)(c1ccccc1)c1ccccc1. The first-order valence-corrected chi connectivity index (χ1v) is 18.1. The van der Waals surface area contributed by atoms with Gasteiger partial charge >= 0.3 is 0 Å². The van der Waals surface area contributed by atoms with Gasteiger partial charge in [0.1, 0.15) is 11.5 Å². The van der Waals surface area contributed by atoms with E-state index in [1.165, 1.54) is 0 Å². The number of para-hydroxylation sites is 2. The van der Waals surface area contributed by atoms with Crippen LogP contribution in [0.2, 0.25) is 0 Å². The zero-order valence-electron chi connectivity index (χ0n) is 24.3. The molecular weight excluding hydrogens is 578 g/mol. The molecule has 0 heterocycles. The summed E-state index contributed by atoms with van der Waals surface area (Å²) in [6, 6.07) is 56.3. The van der Waals surface area contributed by atoms with E-state index in [-0.39, 0.29) is 11.5 Å². The van der Waals surface area contributed by atoms with E-state index in [1.807, 2.05) is 109 Å². The fraction of sp³-hybridized carbons (Fsp3) is 0.0526. The van der Waals surface area contributed by atoms with Crippen molar-refractivity contribution in [1.29, 1.82) is 0 Å². The lowest BCUT2D eigenvalue weighted by atomic mass is 10.3. The smallest absolute Gasteiger partial charge is 0.125 e. The first-order chi connectivity index (χ1) is 21.7.